The van der Waals surface area contributed by atoms with Crippen LogP contribution in [0.4, 0.5) is 4.79 Å². The number of benzene rings is 1. The molecule has 3 rings (SSSR count). The molecule has 4 nitrogen and oxygen atoms in total. The third kappa shape index (κ3) is 1.85. The second kappa shape index (κ2) is 4.18. The molecule has 2 atom stereocenters. The first kappa shape index (κ1) is 12.9. The van der Waals surface area contributed by atoms with Crippen molar-refractivity contribution in [2.45, 2.75) is 32.0 Å². The molecule has 1 aromatic rings. The Balaban J connectivity index is 2.13. The van der Waals surface area contributed by atoms with Crippen molar-refractivity contribution in [2.24, 2.45) is 0 Å². The van der Waals surface area contributed by atoms with E-state index in [0.717, 1.165) is 5.56 Å². The summed E-state index contributed by atoms with van der Waals surface area (Å²) in [4.78, 5) is 13.8. The second-order valence-corrected chi connectivity index (χ2v) is 5.88. The molecule has 1 aromatic carbocycles. The van der Waals surface area contributed by atoms with E-state index in [4.69, 9.17) is 27.9 Å². The highest BCUT2D eigenvalue weighted by molar-refractivity contribution is 6.35. The van der Waals surface area contributed by atoms with Gasteiger partial charge in [0.05, 0.1) is 11.1 Å². The van der Waals surface area contributed by atoms with Gasteiger partial charge in [-0.3, -0.25) is 4.90 Å². The lowest BCUT2D eigenvalue weighted by Gasteiger charge is -2.50. The summed E-state index contributed by atoms with van der Waals surface area (Å²) in [6, 6.07) is 3.22. The van der Waals surface area contributed by atoms with Gasteiger partial charge in [0.1, 0.15) is 5.75 Å². The number of nitrogens with zero attached hydrogens (tertiary/aromatic N) is 1. The average Bonchev–Trinajstić information content (AvgIpc) is 2.31. The van der Waals surface area contributed by atoms with Crippen molar-refractivity contribution >= 4 is 29.2 Å². The summed E-state index contributed by atoms with van der Waals surface area (Å²) in [6.45, 7) is 4.42. The molecule has 2 unspecified atom stereocenters. The number of hydrogen-bond acceptors (Lipinski definition) is 2. The standard InChI is InChI=1S/C13H14Cl2N2O2/c1-3-17-12(18)16-10-6-13(17,2)19-11-8(10)4-7(14)5-9(11)15/h4-5,10H,3,6H2,1-2H3,(H,16,18). The topological polar surface area (TPSA) is 41.6 Å². The molecule has 2 amide bonds. The van der Waals surface area contributed by atoms with Crippen LogP contribution in [0.5, 0.6) is 5.75 Å². The molecular weight excluding hydrogens is 287 g/mol. The minimum Gasteiger partial charge on any atom is -0.466 e. The average molecular weight is 301 g/mol. The van der Waals surface area contributed by atoms with Gasteiger partial charge in [-0.25, -0.2) is 4.79 Å². The highest BCUT2D eigenvalue weighted by Gasteiger charge is 2.49. The van der Waals surface area contributed by atoms with Crippen molar-refractivity contribution in [3.05, 3.63) is 27.7 Å². The second-order valence-electron chi connectivity index (χ2n) is 5.03. The van der Waals surface area contributed by atoms with Crippen LogP contribution in [0.15, 0.2) is 12.1 Å². The van der Waals surface area contributed by atoms with Crippen molar-refractivity contribution in [3.63, 3.8) is 0 Å². The number of carbonyl (C=O) groups excluding carboxylic acids is 1. The molecule has 0 spiro atoms. The molecule has 2 aliphatic rings. The van der Waals surface area contributed by atoms with Crippen molar-refractivity contribution in [3.8, 4) is 5.75 Å². The Morgan fingerprint density at radius 3 is 2.95 bits per heavy atom. The predicted octanol–water partition coefficient (Wildman–Crippen LogP) is 3.58. The molecule has 0 saturated carbocycles. The zero-order chi connectivity index (χ0) is 13.8. The molecular formula is C13H14Cl2N2O2. The number of fused-ring (bicyclic) bond motifs is 4. The fourth-order valence-corrected chi connectivity index (χ4v) is 3.46. The van der Waals surface area contributed by atoms with Crippen molar-refractivity contribution in [2.75, 3.05) is 6.54 Å². The largest absolute Gasteiger partial charge is 0.466 e. The van der Waals surface area contributed by atoms with E-state index in [1.54, 1.807) is 17.0 Å². The van der Waals surface area contributed by atoms with Crippen LogP contribution in [-0.2, 0) is 0 Å². The fourth-order valence-electron chi connectivity index (χ4n) is 2.91. The monoisotopic (exact) mass is 300 g/mol. The van der Waals surface area contributed by atoms with E-state index < -0.39 is 5.72 Å². The molecule has 1 N–H and O–H groups in total. The SMILES string of the molecule is CCN1C(=O)NC2CC1(C)Oc1c(Cl)cc(Cl)cc12. The van der Waals surface area contributed by atoms with E-state index in [1.807, 2.05) is 13.8 Å². The molecule has 0 aromatic heterocycles. The molecule has 6 heteroatoms. The molecule has 1 saturated heterocycles. The van der Waals surface area contributed by atoms with Crippen LogP contribution < -0.4 is 10.1 Å². The Hall–Kier alpha value is -1.13. The highest BCUT2D eigenvalue weighted by atomic mass is 35.5. The molecule has 102 valence electrons. The first-order chi connectivity index (χ1) is 8.94. The zero-order valence-corrected chi connectivity index (χ0v) is 12.2. The molecule has 2 bridgehead atoms. The van der Waals surface area contributed by atoms with E-state index in [2.05, 4.69) is 5.32 Å². The quantitative estimate of drug-likeness (QED) is 0.861. The van der Waals surface area contributed by atoms with Crippen LogP contribution in [0.3, 0.4) is 0 Å². The Labute approximate surface area is 121 Å². The Morgan fingerprint density at radius 1 is 1.53 bits per heavy atom. The van der Waals surface area contributed by atoms with Crippen LogP contribution in [-0.4, -0.2) is 23.2 Å². The summed E-state index contributed by atoms with van der Waals surface area (Å²) < 4.78 is 6.02. The number of amides is 2. The lowest BCUT2D eigenvalue weighted by Crippen LogP contribution is -2.64. The number of ether oxygens (including phenoxy) is 1. The van der Waals surface area contributed by atoms with E-state index in [-0.39, 0.29) is 12.1 Å². The van der Waals surface area contributed by atoms with Gasteiger partial charge < -0.3 is 10.1 Å². The van der Waals surface area contributed by atoms with Crippen LogP contribution in [0, 0.1) is 0 Å². The summed E-state index contributed by atoms with van der Waals surface area (Å²) in [5, 5.41) is 4.00. The fraction of sp³-hybridized carbons (Fsp3) is 0.462. The summed E-state index contributed by atoms with van der Waals surface area (Å²) in [7, 11) is 0. The number of carbonyl (C=O) groups is 1. The lowest BCUT2D eigenvalue weighted by atomic mass is 9.90. The van der Waals surface area contributed by atoms with Crippen LogP contribution in [0.2, 0.25) is 10.0 Å². The minimum absolute atomic E-state index is 0.111. The predicted molar refractivity (Wildman–Crippen MR) is 73.8 cm³/mol. The Bertz CT molecular complexity index is 564. The smallest absolute Gasteiger partial charge is 0.320 e. The lowest BCUT2D eigenvalue weighted by molar-refractivity contribution is -0.0814. The highest BCUT2D eigenvalue weighted by Crippen LogP contribution is 2.47. The molecule has 0 aliphatic carbocycles. The summed E-state index contributed by atoms with van der Waals surface area (Å²) in [5.41, 5.74) is 0.186. The number of nitrogens with one attached hydrogen (secondary N) is 1. The molecule has 2 aliphatic heterocycles. The van der Waals surface area contributed by atoms with Gasteiger partial charge in [0.15, 0.2) is 5.72 Å². The van der Waals surface area contributed by atoms with Crippen LogP contribution in [0.25, 0.3) is 0 Å². The minimum atomic E-state index is -0.660. The molecule has 19 heavy (non-hydrogen) atoms. The molecule has 2 heterocycles. The summed E-state index contributed by atoms with van der Waals surface area (Å²) in [6.07, 6.45) is 0.677. The van der Waals surface area contributed by atoms with Gasteiger partial charge in [-0.2, -0.15) is 0 Å². The zero-order valence-electron chi connectivity index (χ0n) is 10.7. The van der Waals surface area contributed by atoms with Gasteiger partial charge in [-0.1, -0.05) is 23.2 Å². The maximum atomic E-state index is 12.1. The number of urea groups is 1. The van der Waals surface area contributed by atoms with Gasteiger partial charge in [0, 0.05) is 23.6 Å². The summed E-state index contributed by atoms with van der Waals surface area (Å²) >= 11 is 12.2. The third-order valence-electron chi connectivity index (χ3n) is 3.75. The Morgan fingerprint density at radius 2 is 2.26 bits per heavy atom. The number of halogens is 2. The Kier molecular flexibility index (Phi) is 2.84. The van der Waals surface area contributed by atoms with Gasteiger partial charge in [-0.15, -0.1) is 0 Å². The maximum Gasteiger partial charge on any atom is 0.320 e. The normalized spacial score (nSPS) is 28.5. The number of rotatable bonds is 1. The first-order valence-electron chi connectivity index (χ1n) is 6.20. The van der Waals surface area contributed by atoms with E-state index in [0.29, 0.717) is 28.8 Å². The maximum absolute atomic E-state index is 12.1. The molecule has 1 fully saturated rings. The van der Waals surface area contributed by atoms with Crippen LogP contribution in [0.1, 0.15) is 31.9 Å². The third-order valence-corrected chi connectivity index (χ3v) is 4.25. The van der Waals surface area contributed by atoms with E-state index in [1.165, 1.54) is 0 Å². The van der Waals surface area contributed by atoms with Gasteiger partial charge in [0.2, 0.25) is 0 Å². The molecule has 0 radical (unpaired) electrons. The van der Waals surface area contributed by atoms with E-state index >= 15 is 0 Å². The van der Waals surface area contributed by atoms with Crippen molar-refractivity contribution < 1.29 is 9.53 Å². The van der Waals surface area contributed by atoms with Gasteiger partial charge in [0.25, 0.3) is 0 Å². The van der Waals surface area contributed by atoms with Crippen LogP contribution >= 0.6 is 23.2 Å². The number of hydrogen-bond donors (Lipinski definition) is 1. The first-order valence-corrected chi connectivity index (χ1v) is 6.96. The van der Waals surface area contributed by atoms with Gasteiger partial charge in [-0.05, 0) is 26.0 Å². The van der Waals surface area contributed by atoms with Crippen molar-refractivity contribution in [1.82, 2.24) is 10.2 Å². The van der Waals surface area contributed by atoms with E-state index in [9.17, 15) is 4.79 Å². The summed E-state index contributed by atoms with van der Waals surface area (Å²) in [5.74, 6) is 0.614. The van der Waals surface area contributed by atoms with Gasteiger partial charge >= 0.3 is 6.03 Å². The van der Waals surface area contributed by atoms with Crippen molar-refractivity contribution in [1.29, 1.82) is 0 Å².